The third-order valence-corrected chi connectivity index (χ3v) is 2.58. The first-order chi connectivity index (χ1) is 8.70. The van der Waals surface area contributed by atoms with Gasteiger partial charge in [0.25, 0.3) is 11.8 Å². The van der Waals surface area contributed by atoms with Gasteiger partial charge in [-0.2, -0.15) is 0 Å². The molecule has 0 saturated carbocycles. The van der Waals surface area contributed by atoms with Gasteiger partial charge in [-0.15, -0.1) is 0 Å². The van der Waals surface area contributed by atoms with Gasteiger partial charge in [0.15, 0.2) is 0 Å². The van der Waals surface area contributed by atoms with E-state index in [4.69, 9.17) is 4.74 Å². The zero-order valence-electron chi connectivity index (χ0n) is 10.2. The highest BCUT2D eigenvalue weighted by Crippen LogP contribution is 2.12. The molecule has 1 saturated heterocycles. The van der Waals surface area contributed by atoms with Gasteiger partial charge < -0.3 is 10.1 Å². The molecule has 6 heteroatoms. The van der Waals surface area contributed by atoms with Crippen LogP contribution in [0.1, 0.15) is 12.5 Å². The van der Waals surface area contributed by atoms with E-state index in [1.165, 1.54) is 4.90 Å². The van der Waals surface area contributed by atoms with Crippen LogP contribution in [0, 0.1) is 0 Å². The minimum absolute atomic E-state index is 0.0309. The Morgan fingerprint density at radius 1 is 1.39 bits per heavy atom. The second-order valence-electron chi connectivity index (χ2n) is 3.95. The molecule has 0 unspecified atom stereocenters. The van der Waals surface area contributed by atoms with Gasteiger partial charge in [-0.1, -0.05) is 0 Å². The van der Waals surface area contributed by atoms with E-state index in [0.29, 0.717) is 0 Å². The van der Waals surface area contributed by atoms with E-state index >= 15 is 0 Å². The van der Waals surface area contributed by atoms with E-state index in [9.17, 15) is 9.59 Å². The van der Waals surface area contributed by atoms with Crippen LogP contribution < -0.4 is 5.32 Å². The van der Waals surface area contributed by atoms with Gasteiger partial charge in [-0.3, -0.25) is 14.5 Å². The average Bonchev–Trinajstić information content (AvgIpc) is 2.35. The van der Waals surface area contributed by atoms with Gasteiger partial charge in [0.2, 0.25) is 0 Å². The van der Waals surface area contributed by atoms with E-state index in [-0.39, 0.29) is 31.6 Å². The number of hydrogen-bond acceptors (Lipinski definition) is 5. The lowest BCUT2D eigenvalue weighted by molar-refractivity contribution is -0.159. The first-order valence-electron chi connectivity index (χ1n) is 5.80. The highest BCUT2D eigenvalue weighted by molar-refractivity contribution is 5.98. The number of morpholine rings is 1. The molecule has 2 amide bonds. The van der Waals surface area contributed by atoms with Crippen LogP contribution in [0.3, 0.4) is 0 Å². The van der Waals surface area contributed by atoms with Crippen LogP contribution in [-0.4, -0.2) is 41.5 Å². The Balaban J connectivity index is 2.10. The molecule has 1 aromatic rings. The normalized spacial score (nSPS) is 15.9. The van der Waals surface area contributed by atoms with Gasteiger partial charge >= 0.3 is 0 Å². The second-order valence-corrected chi connectivity index (χ2v) is 3.95. The number of amides is 2. The maximum atomic E-state index is 11.6. The summed E-state index contributed by atoms with van der Waals surface area (Å²) in [5, 5.41) is 3.08. The molecule has 18 heavy (non-hydrogen) atoms. The van der Waals surface area contributed by atoms with Crippen LogP contribution in [0.2, 0.25) is 0 Å². The average molecular weight is 249 g/mol. The van der Waals surface area contributed by atoms with Gasteiger partial charge in [0.1, 0.15) is 19.0 Å². The zero-order valence-corrected chi connectivity index (χ0v) is 10.2. The molecule has 0 atom stereocenters. The smallest absolute Gasteiger partial charge is 0.255 e. The number of ether oxygens (including phenoxy) is 1. The van der Waals surface area contributed by atoms with Gasteiger partial charge in [-0.25, -0.2) is 4.98 Å². The number of nitrogens with one attached hydrogen (secondary N) is 1. The number of carbonyl (C=O) groups is 2. The predicted octanol–water partition coefficient (Wildman–Crippen LogP) is 0.399. The van der Waals surface area contributed by atoms with Crippen molar-refractivity contribution in [1.29, 1.82) is 0 Å². The molecular weight excluding hydrogens is 234 g/mol. The largest absolute Gasteiger partial charge is 0.370 e. The van der Waals surface area contributed by atoms with E-state index < -0.39 is 0 Å². The van der Waals surface area contributed by atoms with Crippen molar-refractivity contribution in [3.63, 3.8) is 0 Å². The Morgan fingerprint density at radius 2 is 2.11 bits per heavy atom. The molecule has 1 fully saturated rings. The Labute approximate surface area is 105 Å². The molecule has 96 valence electrons. The maximum Gasteiger partial charge on any atom is 0.255 e. The first-order valence-corrected chi connectivity index (χ1v) is 5.80. The standard InChI is InChI=1S/C12H15N3O3/c1-2-13-10-5-9(3-4-14-10)6-15-11(16)7-18-8-12(15)17/h3-5H,2,6-8H2,1H3,(H,13,14). The molecule has 0 bridgehead atoms. The summed E-state index contributed by atoms with van der Waals surface area (Å²) in [6.45, 7) is 2.95. The molecule has 2 heterocycles. The number of carbonyl (C=O) groups excluding carboxylic acids is 2. The van der Waals surface area contributed by atoms with E-state index in [0.717, 1.165) is 17.9 Å². The Hall–Kier alpha value is -1.95. The second kappa shape index (κ2) is 5.59. The van der Waals surface area contributed by atoms with Crippen molar-refractivity contribution in [3.8, 4) is 0 Å². The van der Waals surface area contributed by atoms with Gasteiger partial charge in [0, 0.05) is 12.7 Å². The van der Waals surface area contributed by atoms with E-state index in [1.54, 1.807) is 12.3 Å². The zero-order chi connectivity index (χ0) is 13.0. The summed E-state index contributed by atoms with van der Waals surface area (Å²) in [4.78, 5) is 28.5. The summed E-state index contributed by atoms with van der Waals surface area (Å²) in [5.41, 5.74) is 0.865. The summed E-state index contributed by atoms with van der Waals surface area (Å²) in [5.74, 6) is 0.143. The predicted molar refractivity (Wildman–Crippen MR) is 64.8 cm³/mol. The summed E-state index contributed by atoms with van der Waals surface area (Å²) >= 11 is 0. The number of anilines is 1. The maximum absolute atomic E-state index is 11.6. The monoisotopic (exact) mass is 249 g/mol. The fourth-order valence-corrected chi connectivity index (χ4v) is 1.73. The topological polar surface area (TPSA) is 71.5 Å². The first kappa shape index (κ1) is 12.5. The summed E-state index contributed by atoms with van der Waals surface area (Å²) in [6, 6.07) is 3.62. The van der Waals surface area contributed by atoms with Crippen LogP contribution in [0.5, 0.6) is 0 Å². The van der Waals surface area contributed by atoms with Crippen LogP contribution in [-0.2, 0) is 20.9 Å². The number of rotatable bonds is 4. The van der Waals surface area contributed by atoms with Crippen LogP contribution >= 0.6 is 0 Å². The van der Waals surface area contributed by atoms with Gasteiger partial charge in [0.05, 0.1) is 6.54 Å². The molecule has 0 radical (unpaired) electrons. The lowest BCUT2D eigenvalue weighted by Gasteiger charge is -2.24. The third-order valence-electron chi connectivity index (χ3n) is 2.58. The Kier molecular flexibility index (Phi) is 3.88. The highest BCUT2D eigenvalue weighted by atomic mass is 16.5. The quantitative estimate of drug-likeness (QED) is 0.782. The van der Waals surface area contributed by atoms with E-state index in [2.05, 4.69) is 10.3 Å². The molecule has 0 spiro atoms. The lowest BCUT2D eigenvalue weighted by atomic mass is 10.2. The minimum Gasteiger partial charge on any atom is -0.370 e. The number of hydrogen-bond donors (Lipinski definition) is 1. The van der Waals surface area contributed by atoms with Crippen LogP contribution in [0.25, 0.3) is 0 Å². The highest BCUT2D eigenvalue weighted by Gasteiger charge is 2.26. The van der Waals surface area contributed by atoms with Crippen LogP contribution in [0.15, 0.2) is 18.3 Å². The molecule has 2 rings (SSSR count). The molecule has 0 aromatic carbocycles. The van der Waals surface area contributed by atoms with Crippen molar-refractivity contribution in [3.05, 3.63) is 23.9 Å². The SMILES string of the molecule is CCNc1cc(CN2C(=O)COCC2=O)ccn1. The van der Waals surface area contributed by atoms with Crippen molar-refractivity contribution in [1.82, 2.24) is 9.88 Å². The fraction of sp³-hybridized carbons (Fsp3) is 0.417. The van der Waals surface area contributed by atoms with Crippen molar-refractivity contribution < 1.29 is 14.3 Å². The van der Waals surface area contributed by atoms with Crippen molar-refractivity contribution in [2.45, 2.75) is 13.5 Å². The number of pyridine rings is 1. The minimum atomic E-state index is -0.298. The van der Waals surface area contributed by atoms with Gasteiger partial charge in [-0.05, 0) is 24.6 Å². The molecule has 1 aliphatic heterocycles. The Bertz CT molecular complexity index is 446. The summed E-state index contributed by atoms with van der Waals surface area (Å²) < 4.78 is 4.86. The number of nitrogens with zero attached hydrogens (tertiary/aromatic N) is 2. The number of aromatic nitrogens is 1. The van der Waals surface area contributed by atoms with Crippen molar-refractivity contribution in [2.24, 2.45) is 0 Å². The van der Waals surface area contributed by atoms with Crippen molar-refractivity contribution >= 4 is 17.6 Å². The molecule has 1 aliphatic rings. The van der Waals surface area contributed by atoms with E-state index in [1.807, 2.05) is 13.0 Å². The number of imide groups is 1. The molecule has 1 aromatic heterocycles. The summed E-state index contributed by atoms with van der Waals surface area (Å²) in [7, 11) is 0. The summed E-state index contributed by atoms with van der Waals surface area (Å²) in [6.07, 6.45) is 1.66. The fourth-order valence-electron chi connectivity index (χ4n) is 1.73. The third kappa shape index (κ3) is 2.84. The van der Waals surface area contributed by atoms with Crippen LogP contribution in [0.4, 0.5) is 5.82 Å². The molecular formula is C12H15N3O3. The Morgan fingerprint density at radius 3 is 2.78 bits per heavy atom. The van der Waals surface area contributed by atoms with Crippen molar-refractivity contribution in [2.75, 3.05) is 25.1 Å². The molecule has 6 nitrogen and oxygen atoms in total. The molecule has 0 aliphatic carbocycles. The lowest BCUT2D eigenvalue weighted by Crippen LogP contribution is -2.45. The molecule has 1 N–H and O–H groups in total.